The highest BCUT2D eigenvalue weighted by Crippen LogP contribution is 2.44. The normalized spacial score (nSPS) is 21.6. The van der Waals surface area contributed by atoms with Crippen molar-refractivity contribution in [3.05, 3.63) is 88.5 Å². The molecule has 0 bridgehead atoms. The topological polar surface area (TPSA) is 68.3 Å². The second-order valence-corrected chi connectivity index (χ2v) is 9.60. The van der Waals surface area contributed by atoms with E-state index in [1.54, 1.807) is 25.3 Å². The first-order valence-corrected chi connectivity index (χ1v) is 12.2. The van der Waals surface area contributed by atoms with Crippen molar-refractivity contribution in [3.8, 4) is 17.2 Å². The van der Waals surface area contributed by atoms with Crippen molar-refractivity contribution in [1.29, 1.82) is 0 Å². The lowest BCUT2D eigenvalue weighted by Crippen LogP contribution is -2.60. The minimum absolute atomic E-state index is 0.153. The van der Waals surface area contributed by atoms with E-state index >= 15 is 0 Å². The number of carbonyl (C=O) groups excluding carboxylic acids is 2. The standard InChI is InChI=1S/C29H28N2O5/c1-19-4-3-5-21(14-19)29(27(32)23-8-7-22(34-2)16-24(23)28(29)33)31-12-10-30(11-13-31)17-20-6-9-25-26(15-20)36-18-35-25/h3-9,14-16H,10-13,17-18H2,1-2H3. The number of Topliss-reactive ketones (excluding diaryl/α,β-unsaturated/α-hetero) is 2. The van der Waals surface area contributed by atoms with Gasteiger partial charge in [-0.1, -0.05) is 35.9 Å². The number of aryl methyl sites for hydroxylation is 1. The molecule has 6 rings (SSSR count). The molecule has 3 aliphatic rings. The van der Waals surface area contributed by atoms with E-state index in [0.29, 0.717) is 30.0 Å². The Labute approximate surface area is 210 Å². The second-order valence-electron chi connectivity index (χ2n) is 9.60. The van der Waals surface area contributed by atoms with Gasteiger partial charge >= 0.3 is 0 Å². The van der Waals surface area contributed by atoms with Crippen LogP contribution in [0.5, 0.6) is 17.2 Å². The average molecular weight is 485 g/mol. The number of ketones is 2. The van der Waals surface area contributed by atoms with E-state index in [4.69, 9.17) is 14.2 Å². The van der Waals surface area contributed by atoms with Crippen LogP contribution in [0.3, 0.4) is 0 Å². The molecule has 36 heavy (non-hydrogen) atoms. The van der Waals surface area contributed by atoms with Crippen LogP contribution in [0.25, 0.3) is 0 Å². The van der Waals surface area contributed by atoms with E-state index < -0.39 is 5.54 Å². The number of hydrogen-bond donors (Lipinski definition) is 0. The smallest absolute Gasteiger partial charge is 0.231 e. The van der Waals surface area contributed by atoms with E-state index in [1.807, 2.05) is 43.3 Å². The molecule has 3 aromatic carbocycles. The fourth-order valence-electron chi connectivity index (χ4n) is 5.67. The van der Waals surface area contributed by atoms with Gasteiger partial charge in [0.05, 0.1) is 7.11 Å². The summed E-state index contributed by atoms with van der Waals surface area (Å²) in [6, 6.07) is 19.0. The molecule has 0 saturated carbocycles. The predicted octanol–water partition coefficient (Wildman–Crippen LogP) is 3.82. The van der Waals surface area contributed by atoms with Crippen LogP contribution < -0.4 is 14.2 Å². The summed E-state index contributed by atoms with van der Waals surface area (Å²) >= 11 is 0. The Balaban J connectivity index is 1.30. The summed E-state index contributed by atoms with van der Waals surface area (Å²) in [5.41, 5.74) is 2.44. The summed E-state index contributed by atoms with van der Waals surface area (Å²) in [4.78, 5) is 32.6. The minimum atomic E-state index is -1.36. The minimum Gasteiger partial charge on any atom is -0.497 e. The third-order valence-electron chi connectivity index (χ3n) is 7.50. The average Bonchev–Trinajstić information content (AvgIpc) is 3.45. The van der Waals surface area contributed by atoms with Gasteiger partial charge in [-0.15, -0.1) is 0 Å². The van der Waals surface area contributed by atoms with Crippen molar-refractivity contribution in [1.82, 2.24) is 9.80 Å². The molecular formula is C29H28N2O5. The molecule has 2 aliphatic heterocycles. The molecule has 7 nitrogen and oxygen atoms in total. The number of benzene rings is 3. The maximum absolute atomic E-state index is 14.1. The van der Waals surface area contributed by atoms with Crippen LogP contribution in [0.15, 0.2) is 60.7 Å². The fourth-order valence-corrected chi connectivity index (χ4v) is 5.67. The van der Waals surface area contributed by atoms with E-state index in [0.717, 1.165) is 47.8 Å². The molecule has 0 amide bonds. The maximum atomic E-state index is 14.1. The zero-order valence-corrected chi connectivity index (χ0v) is 20.5. The van der Waals surface area contributed by atoms with Gasteiger partial charge in [-0.05, 0) is 48.4 Å². The number of carbonyl (C=O) groups is 2. The molecule has 1 atom stereocenters. The van der Waals surface area contributed by atoms with Gasteiger partial charge in [0.2, 0.25) is 6.79 Å². The van der Waals surface area contributed by atoms with Gasteiger partial charge in [0.1, 0.15) is 5.75 Å². The summed E-state index contributed by atoms with van der Waals surface area (Å²) in [5.74, 6) is 1.80. The highest BCUT2D eigenvalue weighted by Gasteiger charge is 2.58. The van der Waals surface area contributed by atoms with E-state index in [2.05, 4.69) is 15.9 Å². The SMILES string of the molecule is COc1ccc2c(c1)C(=O)C(c1cccc(C)c1)(N1CCN(Cc3ccc4c(c3)OCO4)CC1)C2=O. The number of hydrogen-bond acceptors (Lipinski definition) is 7. The maximum Gasteiger partial charge on any atom is 0.231 e. The highest BCUT2D eigenvalue weighted by molar-refractivity contribution is 6.33. The lowest BCUT2D eigenvalue weighted by molar-refractivity contribution is 0.0279. The summed E-state index contributed by atoms with van der Waals surface area (Å²) in [7, 11) is 1.57. The van der Waals surface area contributed by atoms with E-state index in [1.165, 1.54) is 0 Å². The molecule has 1 saturated heterocycles. The largest absolute Gasteiger partial charge is 0.497 e. The monoisotopic (exact) mass is 484 g/mol. The van der Waals surface area contributed by atoms with Crippen LogP contribution >= 0.6 is 0 Å². The fraction of sp³-hybridized carbons (Fsp3) is 0.310. The van der Waals surface area contributed by atoms with E-state index in [-0.39, 0.29) is 18.4 Å². The summed E-state index contributed by atoms with van der Waals surface area (Å²) in [6.07, 6.45) is 0. The second kappa shape index (κ2) is 8.76. The molecule has 1 fully saturated rings. The van der Waals surface area contributed by atoms with Gasteiger partial charge in [0.25, 0.3) is 0 Å². The molecular weight excluding hydrogens is 456 g/mol. The lowest BCUT2D eigenvalue weighted by Gasteiger charge is -2.44. The molecule has 3 aromatic rings. The van der Waals surface area contributed by atoms with Gasteiger partial charge in [-0.3, -0.25) is 19.4 Å². The quantitative estimate of drug-likeness (QED) is 0.510. The lowest BCUT2D eigenvalue weighted by atomic mass is 9.82. The Morgan fingerprint density at radius 2 is 1.64 bits per heavy atom. The number of methoxy groups -OCH3 is 1. The van der Waals surface area contributed by atoms with Crippen LogP contribution in [-0.4, -0.2) is 61.4 Å². The van der Waals surface area contributed by atoms with Gasteiger partial charge < -0.3 is 14.2 Å². The molecule has 184 valence electrons. The van der Waals surface area contributed by atoms with Crippen LogP contribution in [0.4, 0.5) is 0 Å². The number of fused-ring (bicyclic) bond motifs is 2. The molecule has 2 heterocycles. The first-order chi connectivity index (χ1) is 17.5. The van der Waals surface area contributed by atoms with Gasteiger partial charge in [-0.2, -0.15) is 0 Å². The molecule has 7 heteroatoms. The predicted molar refractivity (Wildman–Crippen MR) is 134 cm³/mol. The van der Waals surface area contributed by atoms with Gasteiger partial charge in [-0.25, -0.2) is 0 Å². The van der Waals surface area contributed by atoms with Crippen molar-refractivity contribution in [2.45, 2.75) is 19.0 Å². The van der Waals surface area contributed by atoms with Crippen molar-refractivity contribution < 1.29 is 23.8 Å². The third kappa shape index (κ3) is 3.50. The van der Waals surface area contributed by atoms with Crippen molar-refractivity contribution in [2.75, 3.05) is 40.1 Å². The first-order valence-electron chi connectivity index (χ1n) is 12.2. The van der Waals surface area contributed by atoms with Crippen molar-refractivity contribution in [2.24, 2.45) is 0 Å². The molecule has 0 N–H and O–H groups in total. The van der Waals surface area contributed by atoms with Crippen LogP contribution in [0.1, 0.15) is 37.4 Å². The Hall–Kier alpha value is -3.68. The molecule has 0 spiro atoms. The first kappa shape index (κ1) is 22.8. The highest BCUT2D eigenvalue weighted by atomic mass is 16.7. The Bertz CT molecular complexity index is 1360. The Kier molecular flexibility index (Phi) is 5.54. The van der Waals surface area contributed by atoms with Crippen molar-refractivity contribution >= 4 is 11.6 Å². The van der Waals surface area contributed by atoms with Crippen LogP contribution in [-0.2, 0) is 12.1 Å². The number of ether oxygens (including phenoxy) is 3. The Morgan fingerprint density at radius 3 is 2.42 bits per heavy atom. The summed E-state index contributed by atoms with van der Waals surface area (Å²) in [6.45, 7) is 5.68. The molecule has 0 aromatic heterocycles. The van der Waals surface area contributed by atoms with Gasteiger partial charge in [0.15, 0.2) is 28.6 Å². The zero-order chi connectivity index (χ0) is 24.9. The summed E-state index contributed by atoms with van der Waals surface area (Å²) < 4.78 is 16.3. The zero-order valence-electron chi connectivity index (χ0n) is 20.5. The number of piperazine rings is 1. The number of nitrogens with zero attached hydrogens (tertiary/aromatic N) is 2. The van der Waals surface area contributed by atoms with E-state index in [9.17, 15) is 9.59 Å². The molecule has 1 unspecified atom stereocenters. The third-order valence-corrected chi connectivity index (χ3v) is 7.50. The Morgan fingerprint density at radius 1 is 0.861 bits per heavy atom. The van der Waals surface area contributed by atoms with Crippen LogP contribution in [0.2, 0.25) is 0 Å². The molecule has 1 aliphatic carbocycles. The summed E-state index contributed by atoms with van der Waals surface area (Å²) in [5, 5.41) is 0. The number of rotatable bonds is 5. The van der Waals surface area contributed by atoms with Crippen LogP contribution in [0, 0.1) is 6.92 Å². The van der Waals surface area contributed by atoms with Crippen molar-refractivity contribution in [3.63, 3.8) is 0 Å². The van der Waals surface area contributed by atoms with Gasteiger partial charge in [0, 0.05) is 43.9 Å². The molecule has 0 radical (unpaired) electrons.